The number of aromatic nitrogens is 4. The van der Waals surface area contributed by atoms with Crippen molar-refractivity contribution in [1.29, 1.82) is 0 Å². The number of para-hydroxylation sites is 2. The lowest BCUT2D eigenvalue weighted by molar-refractivity contribution is 0.0705. The predicted octanol–water partition coefficient (Wildman–Crippen LogP) is 4.56. The first-order valence-corrected chi connectivity index (χ1v) is 10.9. The van der Waals surface area contributed by atoms with Gasteiger partial charge in [-0.2, -0.15) is 0 Å². The van der Waals surface area contributed by atoms with Crippen LogP contribution in [-0.2, 0) is 7.05 Å². The Labute approximate surface area is 181 Å². The maximum absolute atomic E-state index is 13.7. The van der Waals surface area contributed by atoms with Crippen molar-refractivity contribution in [3.63, 3.8) is 0 Å². The van der Waals surface area contributed by atoms with E-state index in [1.807, 2.05) is 36.1 Å². The van der Waals surface area contributed by atoms with Gasteiger partial charge in [-0.05, 0) is 43.9 Å². The maximum Gasteiger partial charge on any atom is 0.259 e. The topological polar surface area (TPSA) is 77.1 Å². The standard InChI is InChI=1S/C24H27N5O2/c1-14(2)19-12-17(21-15(3)27-31-23(21)26-19)24(30)29-11-7-8-16(13-29)22-25-18-9-5-6-10-20(18)28(22)4/h5-6,9-10,12,14,16H,7-8,11,13H2,1-4H3/t16-/m0/s1. The molecule has 160 valence electrons. The highest BCUT2D eigenvalue weighted by Gasteiger charge is 2.30. The first kappa shape index (κ1) is 19.7. The van der Waals surface area contributed by atoms with Crippen LogP contribution in [0.3, 0.4) is 0 Å². The number of pyridine rings is 1. The maximum atomic E-state index is 13.7. The molecule has 0 radical (unpaired) electrons. The Morgan fingerprint density at radius 1 is 1.23 bits per heavy atom. The zero-order chi connectivity index (χ0) is 21.7. The van der Waals surface area contributed by atoms with Crippen LogP contribution in [0.15, 0.2) is 34.9 Å². The molecule has 4 aromatic rings. The van der Waals surface area contributed by atoms with E-state index in [9.17, 15) is 4.79 Å². The number of fused-ring (bicyclic) bond motifs is 2. The van der Waals surface area contributed by atoms with Gasteiger partial charge in [-0.25, -0.2) is 9.97 Å². The normalized spacial score (nSPS) is 17.2. The van der Waals surface area contributed by atoms with Crippen molar-refractivity contribution in [3.8, 4) is 0 Å². The first-order chi connectivity index (χ1) is 14.9. The number of hydrogen-bond donors (Lipinski definition) is 0. The SMILES string of the molecule is Cc1noc2nc(C(C)C)cc(C(=O)N3CCC[C@H](c4nc5ccccc5n4C)C3)c12. The fourth-order valence-electron chi connectivity index (χ4n) is 4.65. The van der Waals surface area contributed by atoms with Crippen LogP contribution >= 0.6 is 0 Å². The summed E-state index contributed by atoms with van der Waals surface area (Å²) in [6, 6.07) is 10.1. The van der Waals surface area contributed by atoms with Gasteiger partial charge < -0.3 is 14.0 Å². The summed E-state index contributed by atoms with van der Waals surface area (Å²) in [6.45, 7) is 7.38. The summed E-state index contributed by atoms with van der Waals surface area (Å²) in [4.78, 5) is 25.1. The molecular weight excluding hydrogens is 390 g/mol. The Bertz CT molecular complexity index is 1290. The van der Waals surface area contributed by atoms with Gasteiger partial charge in [0.25, 0.3) is 11.6 Å². The molecule has 7 nitrogen and oxygen atoms in total. The van der Waals surface area contributed by atoms with Crippen molar-refractivity contribution >= 4 is 28.0 Å². The highest BCUT2D eigenvalue weighted by atomic mass is 16.5. The van der Waals surface area contributed by atoms with Gasteiger partial charge in [0, 0.05) is 31.7 Å². The number of likely N-dealkylation sites (tertiary alicyclic amines) is 1. The van der Waals surface area contributed by atoms with Gasteiger partial charge in [0.1, 0.15) is 5.82 Å². The molecule has 1 saturated heterocycles. The predicted molar refractivity (Wildman–Crippen MR) is 119 cm³/mol. The van der Waals surface area contributed by atoms with Gasteiger partial charge in [0.2, 0.25) is 0 Å². The van der Waals surface area contributed by atoms with Crippen LogP contribution in [0.2, 0.25) is 0 Å². The molecule has 0 N–H and O–H groups in total. The van der Waals surface area contributed by atoms with Crippen LogP contribution in [0.4, 0.5) is 0 Å². The minimum Gasteiger partial charge on any atom is -0.338 e. The summed E-state index contributed by atoms with van der Waals surface area (Å²) in [5, 5.41) is 4.78. The number of benzene rings is 1. The number of nitrogens with zero attached hydrogens (tertiary/aromatic N) is 5. The van der Waals surface area contributed by atoms with E-state index >= 15 is 0 Å². The summed E-state index contributed by atoms with van der Waals surface area (Å²) < 4.78 is 7.58. The lowest BCUT2D eigenvalue weighted by Gasteiger charge is -2.32. The van der Waals surface area contributed by atoms with Crippen LogP contribution in [0.1, 0.15) is 66.1 Å². The Kier molecular flexibility index (Phi) is 4.76. The van der Waals surface area contributed by atoms with E-state index in [0.29, 0.717) is 23.5 Å². The average molecular weight is 418 g/mol. The minimum atomic E-state index is 0.0177. The molecule has 1 aliphatic heterocycles. The lowest BCUT2D eigenvalue weighted by atomic mass is 9.95. The van der Waals surface area contributed by atoms with Crippen molar-refractivity contribution in [1.82, 2.24) is 24.6 Å². The van der Waals surface area contributed by atoms with E-state index in [1.54, 1.807) is 0 Å². The third kappa shape index (κ3) is 3.28. The summed E-state index contributed by atoms with van der Waals surface area (Å²) in [5.41, 5.74) is 4.74. The van der Waals surface area contributed by atoms with Crippen LogP contribution in [0.25, 0.3) is 22.1 Å². The van der Waals surface area contributed by atoms with Crippen LogP contribution in [-0.4, -0.2) is 43.6 Å². The average Bonchev–Trinajstić information content (AvgIpc) is 3.33. The summed E-state index contributed by atoms with van der Waals surface area (Å²) in [5.74, 6) is 1.46. The molecule has 1 aliphatic rings. The molecule has 1 aromatic carbocycles. The van der Waals surface area contributed by atoms with Crippen molar-refractivity contribution in [2.75, 3.05) is 13.1 Å². The number of amides is 1. The largest absolute Gasteiger partial charge is 0.338 e. The molecular formula is C24H27N5O2. The summed E-state index contributed by atoms with van der Waals surface area (Å²) in [7, 11) is 2.06. The highest BCUT2D eigenvalue weighted by Crippen LogP contribution is 2.31. The quantitative estimate of drug-likeness (QED) is 0.488. The molecule has 1 fully saturated rings. The number of carbonyl (C=O) groups excluding carboxylic acids is 1. The molecule has 0 spiro atoms. The number of piperidine rings is 1. The number of imidazole rings is 1. The van der Waals surface area contributed by atoms with E-state index < -0.39 is 0 Å². The Morgan fingerprint density at radius 2 is 2.03 bits per heavy atom. The van der Waals surface area contributed by atoms with Crippen molar-refractivity contribution in [2.45, 2.75) is 45.4 Å². The number of carbonyl (C=O) groups is 1. The molecule has 1 amide bonds. The van der Waals surface area contributed by atoms with Crippen molar-refractivity contribution in [3.05, 3.63) is 53.1 Å². The molecule has 0 saturated carbocycles. The summed E-state index contributed by atoms with van der Waals surface area (Å²) >= 11 is 0. The van der Waals surface area contributed by atoms with Gasteiger partial charge in [0.15, 0.2) is 0 Å². The highest BCUT2D eigenvalue weighted by molar-refractivity contribution is 6.06. The second-order valence-electron chi connectivity index (χ2n) is 8.81. The Morgan fingerprint density at radius 3 is 2.81 bits per heavy atom. The van der Waals surface area contributed by atoms with E-state index in [2.05, 4.69) is 41.7 Å². The van der Waals surface area contributed by atoms with Gasteiger partial charge >= 0.3 is 0 Å². The van der Waals surface area contributed by atoms with Gasteiger partial charge in [0.05, 0.1) is 27.7 Å². The fourth-order valence-corrected chi connectivity index (χ4v) is 4.65. The Hall–Kier alpha value is -3.22. The second kappa shape index (κ2) is 7.48. The minimum absolute atomic E-state index is 0.0177. The second-order valence-corrected chi connectivity index (χ2v) is 8.81. The van der Waals surface area contributed by atoms with Gasteiger partial charge in [-0.1, -0.05) is 31.1 Å². The van der Waals surface area contributed by atoms with Crippen LogP contribution in [0.5, 0.6) is 0 Å². The molecule has 5 rings (SSSR count). The van der Waals surface area contributed by atoms with Crippen molar-refractivity contribution < 1.29 is 9.32 Å². The molecule has 3 aromatic heterocycles. The molecule has 0 aliphatic carbocycles. The molecule has 0 bridgehead atoms. The zero-order valence-electron chi connectivity index (χ0n) is 18.4. The number of aryl methyl sites for hydroxylation is 2. The third-order valence-corrected chi connectivity index (χ3v) is 6.35. The van der Waals surface area contributed by atoms with E-state index in [-0.39, 0.29) is 17.7 Å². The van der Waals surface area contributed by atoms with Gasteiger partial charge in [-0.15, -0.1) is 0 Å². The smallest absolute Gasteiger partial charge is 0.259 e. The number of hydrogen-bond acceptors (Lipinski definition) is 5. The van der Waals surface area contributed by atoms with Gasteiger partial charge in [-0.3, -0.25) is 4.79 Å². The Balaban J connectivity index is 1.50. The van der Waals surface area contributed by atoms with Crippen molar-refractivity contribution in [2.24, 2.45) is 7.05 Å². The molecule has 0 unspecified atom stereocenters. The zero-order valence-corrected chi connectivity index (χ0v) is 18.4. The fraction of sp³-hybridized carbons (Fsp3) is 0.417. The lowest BCUT2D eigenvalue weighted by Crippen LogP contribution is -2.40. The molecule has 4 heterocycles. The van der Waals surface area contributed by atoms with E-state index in [0.717, 1.165) is 47.3 Å². The molecule has 7 heteroatoms. The van der Waals surface area contributed by atoms with E-state index in [4.69, 9.17) is 9.51 Å². The summed E-state index contributed by atoms with van der Waals surface area (Å²) in [6.07, 6.45) is 1.98. The van der Waals surface area contributed by atoms with Crippen LogP contribution < -0.4 is 0 Å². The third-order valence-electron chi connectivity index (χ3n) is 6.35. The first-order valence-electron chi connectivity index (χ1n) is 10.9. The molecule has 31 heavy (non-hydrogen) atoms. The molecule has 1 atom stereocenters. The monoisotopic (exact) mass is 417 g/mol. The number of rotatable bonds is 3. The van der Waals surface area contributed by atoms with Crippen LogP contribution in [0, 0.1) is 6.92 Å². The van der Waals surface area contributed by atoms with E-state index in [1.165, 1.54) is 0 Å².